The summed E-state index contributed by atoms with van der Waals surface area (Å²) < 4.78 is 33.8. The number of hydrogen-bond acceptors (Lipinski definition) is 8. The van der Waals surface area contributed by atoms with Gasteiger partial charge in [-0.2, -0.15) is 0 Å². The molecule has 236 valence electrons. The van der Waals surface area contributed by atoms with E-state index >= 15 is 0 Å². The molecular weight excluding hydrogens is 574 g/mol. The van der Waals surface area contributed by atoms with Gasteiger partial charge in [0.15, 0.2) is 0 Å². The van der Waals surface area contributed by atoms with E-state index in [0.29, 0.717) is 5.92 Å². The normalized spacial score (nSPS) is 13.2. The Morgan fingerprint density at radius 2 is 1.77 bits per heavy atom. The summed E-state index contributed by atoms with van der Waals surface area (Å²) in [5.74, 6) is 6.06. The van der Waals surface area contributed by atoms with Crippen LogP contribution < -0.4 is 26.9 Å². The van der Waals surface area contributed by atoms with Gasteiger partial charge in [-0.25, -0.2) is 19.2 Å². The Labute approximate surface area is 257 Å². The number of nitrogens with zero attached hydrogens (tertiary/aromatic N) is 3. The largest absolute Gasteiger partial charge is 0.494 e. The Morgan fingerprint density at radius 3 is 2.30 bits per heavy atom. The molecule has 1 aliphatic rings. The Kier molecular flexibility index (Phi) is 16.4. The third kappa shape index (κ3) is 10.3. The van der Waals surface area contributed by atoms with Crippen LogP contribution in [0, 0.1) is 12.8 Å². The molecule has 0 aromatic carbocycles. The third-order valence-corrected chi connectivity index (χ3v) is 7.32. The van der Waals surface area contributed by atoms with E-state index < -0.39 is 18.0 Å². The molecule has 3 aromatic rings. The van der Waals surface area contributed by atoms with Crippen LogP contribution in [0.25, 0.3) is 16.9 Å². The Bertz CT molecular complexity index is 1370. The smallest absolute Gasteiger partial charge is 0.280 e. The number of carbonyl (C=O) groups is 1. The highest BCUT2D eigenvalue weighted by molar-refractivity contribution is 8.00. The molecule has 1 amide bonds. The fourth-order valence-corrected chi connectivity index (χ4v) is 5.09. The van der Waals surface area contributed by atoms with Crippen molar-refractivity contribution in [2.24, 2.45) is 11.8 Å². The van der Waals surface area contributed by atoms with Gasteiger partial charge in [0.05, 0.1) is 29.6 Å². The van der Waals surface area contributed by atoms with Crippen molar-refractivity contribution >= 4 is 17.7 Å². The maximum absolute atomic E-state index is 13.5. The second-order valence-corrected chi connectivity index (χ2v) is 10.3. The van der Waals surface area contributed by atoms with Gasteiger partial charge in [-0.1, -0.05) is 27.7 Å². The highest BCUT2D eigenvalue weighted by Gasteiger charge is 2.32. The van der Waals surface area contributed by atoms with Crippen LogP contribution in [-0.4, -0.2) is 38.3 Å². The summed E-state index contributed by atoms with van der Waals surface area (Å²) in [6, 6.07) is 5.87. The van der Waals surface area contributed by atoms with Gasteiger partial charge in [0.25, 0.3) is 17.9 Å². The molecule has 0 saturated heterocycles. The standard InChI is InChI=1S/C25H28F2N6O3S.2C2H6.C2H4/c1-13-6-7-33(22(34)8-13)21-10-16(17-9-19(23(26)27)29-12-20(17)36-3)18(11-30-21)24(35)31-14(2)37-25(32-28)15-4-5-15;3*1-2/h6-12,14-15,23,25,32H,4-5,28H2,1-3H3,(H,31,35);2*1-2H3;1-2H2. The van der Waals surface area contributed by atoms with E-state index in [1.807, 2.05) is 34.6 Å². The zero-order valence-electron chi connectivity index (χ0n) is 26.0. The molecule has 4 N–H and O–H groups in total. The highest BCUT2D eigenvalue weighted by Crippen LogP contribution is 2.39. The summed E-state index contributed by atoms with van der Waals surface area (Å²) in [6.45, 7) is 17.6. The number of hydrogen-bond donors (Lipinski definition) is 3. The number of thioether (sulfide) groups is 1. The van der Waals surface area contributed by atoms with Crippen LogP contribution in [-0.2, 0) is 0 Å². The molecule has 43 heavy (non-hydrogen) atoms. The SMILES string of the molecule is C=C.CC.CC.COc1cnc(C(F)F)cc1-c1cc(-n2ccc(C)cc2=O)ncc1C(=O)NC(C)SC(NN)C1CC1. The quantitative estimate of drug-likeness (QED) is 0.103. The van der Waals surface area contributed by atoms with E-state index in [1.165, 1.54) is 54.0 Å². The van der Waals surface area contributed by atoms with E-state index in [9.17, 15) is 18.4 Å². The maximum atomic E-state index is 13.5. The van der Waals surface area contributed by atoms with Gasteiger partial charge < -0.3 is 10.1 Å². The fraction of sp³-hybridized carbons (Fsp3) is 0.419. The third-order valence-electron chi connectivity index (χ3n) is 5.98. The van der Waals surface area contributed by atoms with Gasteiger partial charge in [0.2, 0.25) is 0 Å². The zero-order valence-corrected chi connectivity index (χ0v) is 26.8. The molecule has 4 rings (SSSR count). The number of pyridine rings is 3. The predicted molar refractivity (Wildman–Crippen MR) is 172 cm³/mol. The number of halogens is 2. The van der Waals surface area contributed by atoms with Crippen LogP contribution in [0.1, 0.15) is 75.5 Å². The van der Waals surface area contributed by atoms with Gasteiger partial charge in [0.1, 0.15) is 17.3 Å². The highest BCUT2D eigenvalue weighted by atomic mass is 32.2. The van der Waals surface area contributed by atoms with Crippen LogP contribution in [0.3, 0.4) is 0 Å². The number of aromatic nitrogens is 3. The number of hydrazine groups is 1. The summed E-state index contributed by atoms with van der Waals surface area (Å²) in [5.41, 5.74) is 3.38. The number of ether oxygens (including phenoxy) is 1. The number of nitrogens with one attached hydrogen (secondary N) is 2. The van der Waals surface area contributed by atoms with Crippen molar-refractivity contribution in [3.63, 3.8) is 0 Å². The minimum atomic E-state index is -2.83. The summed E-state index contributed by atoms with van der Waals surface area (Å²) in [7, 11) is 1.38. The Hall–Kier alpha value is -3.61. The van der Waals surface area contributed by atoms with E-state index in [1.54, 1.807) is 19.2 Å². The molecule has 9 nitrogen and oxygen atoms in total. The Balaban J connectivity index is 0.00000145. The van der Waals surface area contributed by atoms with Crippen molar-refractivity contribution in [3.8, 4) is 22.7 Å². The average Bonchev–Trinajstić information content (AvgIpc) is 3.88. The van der Waals surface area contributed by atoms with E-state index in [4.69, 9.17) is 10.6 Å². The molecule has 1 aliphatic carbocycles. The number of aryl methyl sites for hydroxylation is 1. The first-order valence-electron chi connectivity index (χ1n) is 14.2. The van der Waals surface area contributed by atoms with Crippen LogP contribution >= 0.6 is 11.8 Å². The Morgan fingerprint density at radius 1 is 1.12 bits per heavy atom. The lowest BCUT2D eigenvalue weighted by atomic mass is 10.00. The minimum Gasteiger partial charge on any atom is -0.494 e. The van der Waals surface area contributed by atoms with Crippen molar-refractivity contribution in [1.29, 1.82) is 0 Å². The molecule has 3 heterocycles. The molecule has 0 bridgehead atoms. The van der Waals surface area contributed by atoms with Gasteiger partial charge in [0, 0.05) is 29.6 Å². The maximum Gasteiger partial charge on any atom is 0.280 e. The molecule has 1 saturated carbocycles. The zero-order chi connectivity index (χ0) is 32.7. The van der Waals surface area contributed by atoms with Crippen LogP contribution in [0.2, 0.25) is 0 Å². The topological polar surface area (TPSA) is 124 Å². The van der Waals surface area contributed by atoms with Crippen molar-refractivity contribution in [3.05, 3.63) is 83.2 Å². The van der Waals surface area contributed by atoms with Crippen molar-refractivity contribution in [2.45, 2.75) is 71.6 Å². The number of rotatable bonds is 10. The van der Waals surface area contributed by atoms with E-state index in [0.717, 1.165) is 18.4 Å². The lowest BCUT2D eigenvalue weighted by molar-refractivity contribution is 0.0952. The van der Waals surface area contributed by atoms with Gasteiger partial charge in [-0.15, -0.1) is 24.9 Å². The number of methoxy groups -OCH3 is 1. The number of alkyl halides is 2. The summed E-state index contributed by atoms with van der Waals surface area (Å²) >= 11 is 1.49. The monoisotopic (exact) mass is 618 g/mol. The van der Waals surface area contributed by atoms with Gasteiger partial charge in [-0.3, -0.25) is 25.0 Å². The number of carbonyl (C=O) groups excluding carboxylic acids is 1. The minimum absolute atomic E-state index is 0.00224. The first-order chi connectivity index (χ1) is 20.7. The van der Waals surface area contributed by atoms with E-state index in [2.05, 4.69) is 33.9 Å². The summed E-state index contributed by atoms with van der Waals surface area (Å²) in [5, 5.41) is 2.61. The van der Waals surface area contributed by atoms with Crippen LogP contribution in [0.15, 0.2) is 60.8 Å². The molecule has 0 radical (unpaired) electrons. The second-order valence-electron chi connectivity index (χ2n) is 8.79. The van der Waals surface area contributed by atoms with Crippen LogP contribution in [0.5, 0.6) is 5.75 Å². The molecule has 12 heteroatoms. The number of nitrogens with two attached hydrogens (primary N) is 1. The predicted octanol–water partition coefficient (Wildman–Crippen LogP) is 6.41. The molecular formula is C31H44F2N6O3S. The first kappa shape index (κ1) is 37.4. The molecule has 2 unspecified atom stereocenters. The molecule has 0 spiro atoms. The molecule has 1 fully saturated rings. The fourth-order valence-electron chi connectivity index (χ4n) is 3.90. The average molecular weight is 619 g/mol. The van der Waals surface area contributed by atoms with Crippen LogP contribution in [0.4, 0.5) is 8.78 Å². The van der Waals surface area contributed by atoms with Crippen molar-refractivity contribution in [1.82, 2.24) is 25.3 Å². The molecule has 2 atom stereocenters. The van der Waals surface area contributed by atoms with Gasteiger partial charge in [-0.05, 0) is 56.4 Å². The first-order valence-corrected chi connectivity index (χ1v) is 15.1. The van der Waals surface area contributed by atoms with Gasteiger partial charge >= 0.3 is 0 Å². The molecule has 0 aliphatic heterocycles. The van der Waals surface area contributed by atoms with Crippen molar-refractivity contribution < 1.29 is 18.3 Å². The lowest BCUT2D eigenvalue weighted by Crippen LogP contribution is -2.39. The van der Waals surface area contributed by atoms with Crippen molar-refractivity contribution in [2.75, 3.05) is 7.11 Å². The van der Waals surface area contributed by atoms with E-state index in [-0.39, 0.29) is 44.6 Å². The second kappa shape index (κ2) is 18.8. The summed E-state index contributed by atoms with van der Waals surface area (Å²) in [4.78, 5) is 34.1. The number of amides is 1. The summed E-state index contributed by atoms with van der Waals surface area (Å²) in [6.07, 6.45) is 3.39. The molecule has 3 aromatic heterocycles. The lowest BCUT2D eigenvalue weighted by Gasteiger charge is -2.21.